The third-order valence-corrected chi connectivity index (χ3v) is 1.21. The van der Waals surface area contributed by atoms with Crippen molar-refractivity contribution in [1.82, 2.24) is 0 Å². The SMILES string of the molecule is N#CCC(=CC(Cl)(Cl)Cl)C(=O)O. The van der Waals surface area contributed by atoms with E-state index in [0.29, 0.717) is 0 Å². The van der Waals surface area contributed by atoms with Crippen LogP contribution in [0.5, 0.6) is 0 Å². The Morgan fingerprint density at radius 1 is 1.58 bits per heavy atom. The third-order valence-electron chi connectivity index (χ3n) is 0.882. The summed E-state index contributed by atoms with van der Waals surface area (Å²) in [5, 5.41) is 16.7. The van der Waals surface area contributed by atoms with Crippen LogP contribution < -0.4 is 0 Å². The first kappa shape index (κ1) is 11.6. The lowest BCUT2D eigenvalue weighted by Crippen LogP contribution is -2.05. The maximum Gasteiger partial charge on any atom is 0.332 e. The van der Waals surface area contributed by atoms with Gasteiger partial charge in [0.25, 0.3) is 0 Å². The Morgan fingerprint density at radius 2 is 2.08 bits per heavy atom. The zero-order valence-electron chi connectivity index (χ0n) is 5.72. The highest BCUT2D eigenvalue weighted by Crippen LogP contribution is 2.29. The van der Waals surface area contributed by atoms with Gasteiger partial charge in [0.15, 0.2) is 0 Å². The Morgan fingerprint density at radius 3 is 2.33 bits per heavy atom. The zero-order chi connectivity index (χ0) is 9.78. The molecule has 0 rings (SSSR count). The van der Waals surface area contributed by atoms with Crippen molar-refractivity contribution in [3.05, 3.63) is 11.6 Å². The van der Waals surface area contributed by atoms with E-state index in [0.717, 1.165) is 6.08 Å². The van der Waals surface area contributed by atoms with E-state index in [4.69, 9.17) is 45.2 Å². The summed E-state index contributed by atoms with van der Waals surface area (Å²) in [6, 6.07) is 1.65. The first-order valence-corrected chi connectivity index (χ1v) is 3.89. The van der Waals surface area contributed by atoms with Crippen molar-refractivity contribution in [2.45, 2.75) is 10.2 Å². The van der Waals surface area contributed by atoms with Crippen LogP contribution in [0, 0.1) is 11.3 Å². The van der Waals surface area contributed by atoms with Gasteiger partial charge >= 0.3 is 5.97 Å². The predicted molar refractivity (Wildman–Crippen MR) is 46.2 cm³/mol. The van der Waals surface area contributed by atoms with Crippen molar-refractivity contribution >= 4 is 40.8 Å². The summed E-state index contributed by atoms with van der Waals surface area (Å²) in [7, 11) is 0. The Labute approximate surface area is 84.1 Å². The molecule has 0 aromatic heterocycles. The number of hydrogen-bond acceptors (Lipinski definition) is 2. The van der Waals surface area contributed by atoms with Crippen LogP contribution >= 0.6 is 34.8 Å². The van der Waals surface area contributed by atoms with Gasteiger partial charge in [0, 0.05) is 0 Å². The molecule has 0 aromatic rings. The molecule has 0 aliphatic heterocycles. The van der Waals surface area contributed by atoms with E-state index < -0.39 is 9.76 Å². The Balaban J connectivity index is 4.64. The van der Waals surface area contributed by atoms with Crippen molar-refractivity contribution in [2.75, 3.05) is 0 Å². The fraction of sp³-hybridized carbons (Fsp3) is 0.333. The molecule has 6 heteroatoms. The molecule has 0 fully saturated rings. The lowest BCUT2D eigenvalue weighted by molar-refractivity contribution is -0.132. The second kappa shape index (κ2) is 4.56. The van der Waals surface area contributed by atoms with Crippen LogP contribution in [-0.4, -0.2) is 14.9 Å². The molecule has 0 amide bonds. The Kier molecular flexibility index (Phi) is 4.40. The topological polar surface area (TPSA) is 61.1 Å². The molecule has 0 aromatic carbocycles. The summed E-state index contributed by atoms with van der Waals surface area (Å²) in [6.07, 6.45) is 0.618. The minimum Gasteiger partial charge on any atom is -0.478 e. The van der Waals surface area contributed by atoms with E-state index in [1.807, 2.05) is 0 Å². The van der Waals surface area contributed by atoms with E-state index in [1.165, 1.54) is 0 Å². The third kappa shape index (κ3) is 5.25. The lowest BCUT2D eigenvalue weighted by Gasteiger charge is -2.04. The molecule has 0 aliphatic carbocycles. The second-order valence-electron chi connectivity index (χ2n) is 1.85. The normalized spacial score (nSPS) is 12.3. The molecule has 0 heterocycles. The number of allylic oxidation sites excluding steroid dienone is 1. The van der Waals surface area contributed by atoms with Gasteiger partial charge in [-0.25, -0.2) is 4.79 Å². The Hall–Kier alpha value is -0.430. The molecule has 66 valence electrons. The molecule has 0 unspecified atom stereocenters. The largest absolute Gasteiger partial charge is 0.478 e. The minimum absolute atomic E-state index is 0.225. The number of carboxylic acid groups (broad SMARTS) is 1. The van der Waals surface area contributed by atoms with Crippen LogP contribution in [0.25, 0.3) is 0 Å². The van der Waals surface area contributed by atoms with Crippen molar-refractivity contribution in [1.29, 1.82) is 5.26 Å². The van der Waals surface area contributed by atoms with E-state index in [-0.39, 0.29) is 12.0 Å². The minimum atomic E-state index is -1.77. The van der Waals surface area contributed by atoms with Crippen molar-refractivity contribution < 1.29 is 9.90 Å². The van der Waals surface area contributed by atoms with Crippen LogP contribution in [0.15, 0.2) is 11.6 Å². The lowest BCUT2D eigenvalue weighted by atomic mass is 10.2. The number of nitriles is 1. The molecular weight excluding hydrogens is 224 g/mol. The van der Waals surface area contributed by atoms with Crippen LogP contribution in [0.1, 0.15) is 6.42 Å². The quantitative estimate of drug-likeness (QED) is 0.582. The second-order valence-corrected chi connectivity index (χ2v) is 4.22. The van der Waals surface area contributed by atoms with E-state index in [1.54, 1.807) is 6.07 Å². The van der Waals surface area contributed by atoms with Crippen molar-refractivity contribution in [3.63, 3.8) is 0 Å². The monoisotopic (exact) mass is 227 g/mol. The molecule has 3 nitrogen and oxygen atoms in total. The summed E-state index contributed by atoms with van der Waals surface area (Å²) >= 11 is 15.9. The van der Waals surface area contributed by atoms with Crippen LogP contribution in [0.4, 0.5) is 0 Å². The molecule has 0 radical (unpaired) electrons. The first-order chi connectivity index (χ1) is 5.37. The number of aliphatic carboxylic acids is 1. The van der Waals surface area contributed by atoms with Gasteiger partial charge in [-0.1, -0.05) is 34.8 Å². The van der Waals surface area contributed by atoms with Gasteiger partial charge in [0.1, 0.15) is 0 Å². The number of nitrogens with zero attached hydrogens (tertiary/aromatic N) is 1. The van der Waals surface area contributed by atoms with Gasteiger partial charge < -0.3 is 5.11 Å². The van der Waals surface area contributed by atoms with Gasteiger partial charge in [0.2, 0.25) is 3.79 Å². The number of hydrogen-bond donors (Lipinski definition) is 1. The first-order valence-electron chi connectivity index (χ1n) is 2.75. The highest BCUT2D eigenvalue weighted by molar-refractivity contribution is 6.69. The smallest absolute Gasteiger partial charge is 0.332 e. The van der Waals surface area contributed by atoms with Gasteiger partial charge in [-0.2, -0.15) is 5.26 Å². The van der Waals surface area contributed by atoms with Crippen molar-refractivity contribution in [3.8, 4) is 6.07 Å². The van der Waals surface area contributed by atoms with Crippen LogP contribution in [0.3, 0.4) is 0 Å². The van der Waals surface area contributed by atoms with E-state index in [2.05, 4.69) is 0 Å². The molecule has 0 spiro atoms. The van der Waals surface area contributed by atoms with Gasteiger partial charge in [-0.05, 0) is 6.08 Å². The van der Waals surface area contributed by atoms with Gasteiger partial charge in [-0.3, -0.25) is 0 Å². The number of halogens is 3. The molecule has 0 atom stereocenters. The standard InChI is InChI=1S/C6H4Cl3NO2/c7-6(8,9)3-4(1-2-10)5(11)12/h3H,1H2,(H,11,12). The number of carbonyl (C=O) groups is 1. The highest BCUT2D eigenvalue weighted by Gasteiger charge is 2.19. The van der Waals surface area contributed by atoms with Crippen LogP contribution in [0.2, 0.25) is 0 Å². The maximum absolute atomic E-state index is 10.4. The number of alkyl halides is 3. The average Bonchev–Trinajstić information content (AvgIpc) is 1.83. The number of carboxylic acids is 1. The Bertz CT molecular complexity index is 248. The molecule has 0 saturated heterocycles. The fourth-order valence-electron chi connectivity index (χ4n) is 0.471. The fourth-order valence-corrected chi connectivity index (χ4v) is 0.866. The highest BCUT2D eigenvalue weighted by atomic mass is 35.6. The number of rotatable bonds is 2. The summed E-state index contributed by atoms with van der Waals surface area (Å²) in [5.41, 5.74) is -0.225. The zero-order valence-corrected chi connectivity index (χ0v) is 7.99. The van der Waals surface area contributed by atoms with Crippen molar-refractivity contribution in [2.24, 2.45) is 0 Å². The molecule has 1 N–H and O–H groups in total. The molecule has 0 bridgehead atoms. The summed E-state index contributed by atoms with van der Waals surface area (Å²) in [4.78, 5) is 10.4. The van der Waals surface area contributed by atoms with Gasteiger partial charge in [-0.15, -0.1) is 0 Å². The molecule has 0 aliphatic rings. The van der Waals surface area contributed by atoms with Gasteiger partial charge in [0.05, 0.1) is 18.1 Å². The summed E-state index contributed by atoms with van der Waals surface area (Å²) < 4.78 is -1.77. The summed E-state index contributed by atoms with van der Waals surface area (Å²) in [5.74, 6) is -1.26. The maximum atomic E-state index is 10.4. The van der Waals surface area contributed by atoms with E-state index >= 15 is 0 Å². The molecule has 0 saturated carbocycles. The summed E-state index contributed by atoms with van der Waals surface area (Å²) in [6.45, 7) is 0. The average molecular weight is 228 g/mol. The molecule has 12 heavy (non-hydrogen) atoms. The van der Waals surface area contributed by atoms with E-state index in [9.17, 15) is 4.79 Å². The van der Waals surface area contributed by atoms with Crippen LogP contribution in [-0.2, 0) is 4.79 Å². The predicted octanol–water partition coefficient (Wildman–Crippen LogP) is 2.28. The molecular formula is C6H4Cl3NO2.